The fourth-order valence-electron chi connectivity index (χ4n) is 0.490. The van der Waals surface area contributed by atoms with E-state index in [-0.39, 0.29) is 29.6 Å². The summed E-state index contributed by atoms with van der Waals surface area (Å²) in [5.41, 5.74) is 0.614. The molecule has 0 atom stereocenters. The van der Waals surface area contributed by atoms with Crippen molar-refractivity contribution < 1.29 is 34.4 Å². The zero-order chi connectivity index (χ0) is 6.85. The van der Waals surface area contributed by atoms with Crippen LogP contribution in [0.3, 0.4) is 0 Å². The summed E-state index contributed by atoms with van der Waals surface area (Å²) in [5, 5.41) is 13.0. The van der Waals surface area contributed by atoms with E-state index in [4.69, 9.17) is 0 Å². The molecule has 5 heteroatoms. The maximum atomic E-state index is 10.6. The monoisotopic (exact) mass is 165 g/mol. The van der Waals surface area contributed by atoms with Crippen LogP contribution in [0.1, 0.15) is 5.69 Å². The molecular weight excluding hydrogens is 159 g/mol. The third-order valence-electron chi connectivity index (χ3n) is 1.01. The molecule has 3 nitrogen and oxygen atoms in total. The molecule has 0 amide bonds. The summed E-state index contributed by atoms with van der Waals surface area (Å²) in [7, 11) is 0. The van der Waals surface area contributed by atoms with E-state index in [0.29, 0.717) is 15.2 Å². The number of aromatic nitrogens is 2. The van der Waals surface area contributed by atoms with Crippen LogP contribution in [0.2, 0.25) is 0 Å². The molecule has 0 bridgehead atoms. The zero-order valence-corrected chi connectivity index (χ0v) is 8.73. The molecule has 0 spiro atoms. The summed E-state index contributed by atoms with van der Waals surface area (Å²) >= 11 is 4.68. The quantitative estimate of drug-likeness (QED) is 0.203. The first-order valence-corrected chi connectivity index (χ1v) is 2.90. The molecule has 0 fully saturated rings. The fourth-order valence-corrected chi connectivity index (χ4v) is 0.640. The summed E-state index contributed by atoms with van der Waals surface area (Å²) in [4.78, 5) is 0.641. The van der Waals surface area contributed by atoms with Crippen LogP contribution in [0.15, 0.2) is 12.1 Å². The molecule has 0 saturated heterocycles. The van der Waals surface area contributed by atoms with Gasteiger partial charge in [0.25, 0.3) is 0 Å². The predicted molar refractivity (Wildman–Crippen MR) is 35.3 cm³/mol. The first-order valence-electron chi connectivity index (χ1n) is 2.49. The van der Waals surface area contributed by atoms with Gasteiger partial charge >= 0.3 is 29.6 Å². The minimum Gasteiger partial charge on any atom is -0.596 e. The van der Waals surface area contributed by atoms with Gasteiger partial charge in [0, 0.05) is 13.0 Å². The molecular formula is C5H6N2NaOS+. The van der Waals surface area contributed by atoms with Gasteiger partial charge in [0.1, 0.15) is 0 Å². The van der Waals surface area contributed by atoms with E-state index >= 15 is 0 Å². The van der Waals surface area contributed by atoms with Gasteiger partial charge in [-0.25, -0.2) is 0 Å². The van der Waals surface area contributed by atoms with E-state index in [0.717, 1.165) is 0 Å². The zero-order valence-electron chi connectivity index (χ0n) is 5.92. The van der Waals surface area contributed by atoms with Gasteiger partial charge in [-0.05, 0) is 6.07 Å². The Bertz CT molecular complexity index is 273. The molecule has 0 aliphatic heterocycles. The van der Waals surface area contributed by atoms with Crippen LogP contribution >= 0.6 is 12.2 Å². The molecule has 1 aromatic heterocycles. The molecule has 10 heavy (non-hydrogen) atoms. The van der Waals surface area contributed by atoms with Crippen molar-refractivity contribution in [1.82, 2.24) is 5.10 Å². The largest absolute Gasteiger partial charge is 1.00 e. The standard InChI is InChI=1S/C5H6N2OS.Na/c1-4-2-3-5(9)6-7(4)8;/h2-3H,1H3,(H,6,9);/q;+1. The number of H-pyrrole nitrogens is 1. The molecule has 0 aliphatic carbocycles. The molecule has 1 N–H and O–H groups in total. The van der Waals surface area contributed by atoms with E-state index in [2.05, 4.69) is 17.3 Å². The van der Waals surface area contributed by atoms with Crippen LogP contribution in [0, 0.1) is 16.8 Å². The number of aryl methyl sites for hydroxylation is 1. The van der Waals surface area contributed by atoms with E-state index in [1.54, 1.807) is 19.1 Å². The molecule has 1 aromatic rings. The van der Waals surface area contributed by atoms with Gasteiger partial charge in [-0.3, -0.25) is 0 Å². The van der Waals surface area contributed by atoms with Gasteiger partial charge in [0.2, 0.25) is 5.69 Å². The van der Waals surface area contributed by atoms with Crippen molar-refractivity contribution in [2.45, 2.75) is 6.92 Å². The number of nitrogens with zero attached hydrogens (tertiary/aromatic N) is 1. The Labute approximate surface area is 85.9 Å². The number of hydrogen-bond acceptors (Lipinski definition) is 2. The number of hydrogen-bond donors (Lipinski definition) is 1. The summed E-state index contributed by atoms with van der Waals surface area (Å²) in [5.74, 6) is 0. The molecule has 1 rings (SSSR count). The Morgan fingerprint density at radius 2 is 2.20 bits per heavy atom. The maximum absolute atomic E-state index is 10.6. The van der Waals surface area contributed by atoms with Crippen molar-refractivity contribution in [2.24, 2.45) is 0 Å². The van der Waals surface area contributed by atoms with Crippen molar-refractivity contribution >= 4 is 12.2 Å². The van der Waals surface area contributed by atoms with Crippen molar-refractivity contribution in [3.05, 3.63) is 27.7 Å². The molecule has 0 unspecified atom stereocenters. The van der Waals surface area contributed by atoms with Crippen LogP contribution in [-0.2, 0) is 0 Å². The topological polar surface area (TPSA) is 42.7 Å². The molecule has 0 saturated carbocycles. The number of nitrogens with one attached hydrogen (secondary N) is 1. The molecule has 0 aromatic carbocycles. The Morgan fingerprint density at radius 3 is 2.60 bits per heavy atom. The second-order valence-electron chi connectivity index (χ2n) is 1.75. The molecule has 48 valence electrons. The maximum Gasteiger partial charge on any atom is 1.00 e. The SMILES string of the molecule is Cc1ccc(=S)[nH][n+]1[O-].[Na+]. The van der Waals surface area contributed by atoms with Crippen molar-refractivity contribution in [3.8, 4) is 0 Å². The Hall–Kier alpha value is 0.100. The van der Waals surface area contributed by atoms with Gasteiger partial charge in [0.15, 0.2) is 4.64 Å². The number of rotatable bonds is 0. The average molecular weight is 165 g/mol. The minimum atomic E-state index is 0. The summed E-state index contributed by atoms with van der Waals surface area (Å²) in [6.07, 6.45) is 0. The van der Waals surface area contributed by atoms with Crippen LogP contribution in [0.4, 0.5) is 0 Å². The normalized spacial score (nSPS) is 8.50. The predicted octanol–water partition coefficient (Wildman–Crippen LogP) is -2.31. The number of aromatic amines is 1. The first kappa shape index (κ1) is 10.1. The molecule has 1 heterocycles. The van der Waals surface area contributed by atoms with Gasteiger partial charge in [-0.1, -0.05) is 17.1 Å². The van der Waals surface area contributed by atoms with Crippen molar-refractivity contribution in [1.29, 1.82) is 0 Å². The van der Waals surface area contributed by atoms with Crippen LogP contribution in [0.5, 0.6) is 0 Å². The van der Waals surface area contributed by atoms with E-state index < -0.39 is 0 Å². The smallest absolute Gasteiger partial charge is 0.596 e. The van der Waals surface area contributed by atoms with E-state index in [1.807, 2.05) is 0 Å². The van der Waals surface area contributed by atoms with Crippen LogP contribution < -0.4 is 34.4 Å². The van der Waals surface area contributed by atoms with Crippen molar-refractivity contribution in [3.63, 3.8) is 0 Å². The third-order valence-corrected chi connectivity index (χ3v) is 1.24. The Morgan fingerprint density at radius 1 is 1.60 bits per heavy atom. The fraction of sp³-hybridized carbons (Fsp3) is 0.200. The summed E-state index contributed by atoms with van der Waals surface area (Å²) < 4.78 is 0.454. The van der Waals surface area contributed by atoms with Gasteiger partial charge in [-0.15, -0.1) is 5.10 Å². The first-order chi connectivity index (χ1) is 4.20. The van der Waals surface area contributed by atoms with Crippen molar-refractivity contribution in [2.75, 3.05) is 0 Å². The third kappa shape index (κ3) is 2.38. The van der Waals surface area contributed by atoms with Gasteiger partial charge < -0.3 is 5.21 Å². The van der Waals surface area contributed by atoms with Crippen LogP contribution in [0.25, 0.3) is 0 Å². The second kappa shape index (κ2) is 4.08. The van der Waals surface area contributed by atoms with E-state index in [1.165, 1.54) is 0 Å². The minimum absolute atomic E-state index is 0. The summed E-state index contributed by atoms with van der Waals surface area (Å²) in [6, 6.07) is 3.35. The second-order valence-corrected chi connectivity index (χ2v) is 2.18. The Balaban J connectivity index is 0.000000810. The van der Waals surface area contributed by atoms with Crippen LogP contribution in [-0.4, -0.2) is 5.10 Å². The Kier molecular flexibility index (Phi) is 4.12. The van der Waals surface area contributed by atoms with Gasteiger partial charge in [0.05, 0.1) is 0 Å². The molecule has 0 radical (unpaired) electrons. The molecule has 0 aliphatic rings. The van der Waals surface area contributed by atoms with E-state index in [9.17, 15) is 5.21 Å². The van der Waals surface area contributed by atoms with Gasteiger partial charge in [-0.2, -0.15) is 0 Å². The average Bonchev–Trinajstić information content (AvgIpc) is 1.80. The summed E-state index contributed by atoms with van der Waals surface area (Å²) in [6.45, 7) is 1.71.